The summed E-state index contributed by atoms with van der Waals surface area (Å²) in [4.78, 5) is 31.2. The molecule has 2 atom stereocenters. The molecular formula is C37H45N7O4. The fraction of sp³-hybridized carbons (Fsp3) is 0.459. The van der Waals surface area contributed by atoms with Crippen LogP contribution >= 0.6 is 0 Å². The summed E-state index contributed by atoms with van der Waals surface area (Å²) < 4.78 is 6.39. The molecule has 0 unspecified atom stereocenters. The number of nitrogens with zero attached hydrogens (tertiary/aromatic N) is 7. The molecule has 0 bridgehead atoms. The fourth-order valence-corrected chi connectivity index (χ4v) is 7.44. The largest absolute Gasteiger partial charge is 0.462 e. The Labute approximate surface area is 282 Å². The minimum absolute atomic E-state index is 0.0577. The molecule has 0 spiro atoms. The molecule has 11 nitrogen and oxygen atoms in total. The van der Waals surface area contributed by atoms with Crippen LogP contribution in [-0.4, -0.2) is 107 Å². The third-order valence-corrected chi connectivity index (χ3v) is 9.98. The van der Waals surface area contributed by atoms with Crippen LogP contribution in [0.15, 0.2) is 55.6 Å². The van der Waals surface area contributed by atoms with E-state index in [-0.39, 0.29) is 43.5 Å². The first-order valence-corrected chi connectivity index (χ1v) is 16.9. The van der Waals surface area contributed by atoms with Gasteiger partial charge in [0, 0.05) is 74.5 Å². The molecule has 252 valence electrons. The summed E-state index contributed by atoms with van der Waals surface area (Å²) in [7, 11) is 0. The first kappa shape index (κ1) is 33.4. The Morgan fingerprint density at radius 2 is 1.88 bits per heavy atom. The van der Waals surface area contributed by atoms with Crippen LogP contribution in [0.5, 0.6) is 6.01 Å². The minimum atomic E-state index is -0.282. The zero-order valence-electron chi connectivity index (χ0n) is 27.5. The van der Waals surface area contributed by atoms with Crippen molar-refractivity contribution >= 4 is 34.3 Å². The maximum absolute atomic E-state index is 12.6. The molecule has 3 aliphatic rings. The number of nitriles is 1. The second-order valence-electron chi connectivity index (χ2n) is 12.9. The van der Waals surface area contributed by atoms with Crippen LogP contribution in [0.4, 0.5) is 11.5 Å². The third kappa shape index (κ3) is 6.88. The van der Waals surface area contributed by atoms with E-state index in [1.54, 1.807) is 4.90 Å². The molecular weight excluding hydrogens is 606 g/mol. The van der Waals surface area contributed by atoms with Crippen molar-refractivity contribution in [3.8, 4) is 12.1 Å². The van der Waals surface area contributed by atoms with E-state index in [1.807, 2.05) is 6.08 Å². The molecule has 4 heterocycles. The number of carbonyl (C=O) groups is 1. The summed E-state index contributed by atoms with van der Waals surface area (Å²) in [6, 6.07) is 15.1. The van der Waals surface area contributed by atoms with Gasteiger partial charge in [0.2, 0.25) is 5.91 Å². The highest BCUT2D eigenvalue weighted by Gasteiger charge is 2.34. The number of hydrogen-bond acceptors (Lipinski definition) is 10. The summed E-state index contributed by atoms with van der Waals surface area (Å²) in [6.45, 7) is 12.4. The number of rotatable bonds is 12. The number of anilines is 2. The number of aliphatic hydroxyl groups is 2. The maximum Gasteiger partial charge on any atom is 0.318 e. The average Bonchev–Trinajstić information content (AvgIpc) is 3.58. The monoisotopic (exact) mass is 651 g/mol. The summed E-state index contributed by atoms with van der Waals surface area (Å²) in [5, 5.41) is 31.2. The number of aliphatic hydroxyl groups excluding tert-OH is 2. The lowest BCUT2D eigenvalue weighted by molar-refractivity contribution is -0.128. The normalized spacial score (nSPS) is 19.8. The van der Waals surface area contributed by atoms with Gasteiger partial charge < -0.3 is 29.6 Å². The Balaban J connectivity index is 1.32. The molecule has 3 aromatic rings. The molecule has 2 saturated heterocycles. The van der Waals surface area contributed by atoms with Gasteiger partial charge in [-0.25, -0.2) is 0 Å². The number of fused-ring (bicyclic) bond motifs is 2. The Morgan fingerprint density at radius 3 is 2.62 bits per heavy atom. The van der Waals surface area contributed by atoms with E-state index in [1.165, 1.54) is 6.08 Å². The Bertz CT molecular complexity index is 1680. The van der Waals surface area contributed by atoms with E-state index in [2.05, 4.69) is 70.3 Å². The van der Waals surface area contributed by atoms with E-state index in [9.17, 15) is 20.3 Å². The second-order valence-corrected chi connectivity index (χ2v) is 12.9. The van der Waals surface area contributed by atoms with Crippen molar-refractivity contribution in [2.45, 2.75) is 44.3 Å². The molecule has 48 heavy (non-hydrogen) atoms. The zero-order valence-corrected chi connectivity index (χ0v) is 27.5. The zero-order chi connectivity index (χ0) is 33.6. The van der Waals surface area contributed by atoms with Gasteiger partial charge in [-0.1, -0.05) is 49.6 Å². The number of amides is 1. The molecule has 0 saturated carbocycles. The van der Waals surface area contributed by atoms with Crippen molar-refractivity contribution in [2.24, 2.45) is 5.92 Å². The van der Waals surface area contributed by atoms with E-state index >= 15 is 0 Å². The smallest absolute Gasteiger partial charge is 0.318 e. The van der Waals surface area contributed by atoms with Crippen molar-refractivity contribution in [3.63, 3.8) is 0 Å². The number of hydrogen-bond donors (Lipinski definition) is 2. The van der Waals surface area contributed by atoms with Gasteiger partial charge in [0.05, 0.1) is 30.8 Å². The highest BCUT2D eigenvalue weighted by Crippen LogP contribution is 2.36. The maximum atomic E-state index is 12.6. The highest BCUT2D eigenvalue weighted by atomic mass is 16.5. The molecule has 0 radical (unpaired) electrons. The number of piperazine rings is 1. The van der Waals surface area contributed by atoms with E-state index in [0.29, 0.717) is 45.3 Å². The number of benzene rings is 2. The summed E-state index contributed by atoms with van der Waals surface area (Å²) in [6.07, 6.45) is 6.14. The van der Waals surface area contributed by atoms with Crippen LogP contribution in [0.1, 0.15) is 36.1 Å². The molecule has 0 aliphatic carbocycles. The van der Waals surface area contributed by atoms with Gasteiger partial charge in [-0.15, -0.1) is 0 Å². The molecule has 2 N–H and O–H groups in total. The van der Waals surface area contributed by atoms with Gasteiger partial charge in [0.1, 0.15) is 12.4 Å². The number of aromatic nitrogens is 2. The molecule has 3 aliphatic heterocycles. The van der Waals surface area contributed by atoms with Gasteiger partial charge >= 0.3 is 6.01 Å². The van der Waals surface area contributed by atoms with Crippen molar-refractivity contribution in [1.82, 2.24) is 19.8 Å². The van der Waals surface area contributed by atoms with Crippen LogP contribution in [0, 0.1) is 17.2 Å². The van der Waals surface area contributed by atoms with Crippen LogP contribution in [0.3, 0.4) is 0 Å². The number of carbonyl (C=O) groups excluding carboxylic acids is 1. The predicted molar refractivity (Wildman–Crippen MR) is 187 cm³/mol. The standard InChI is InChI=1S/C37H45N7O4/c1-3-27-8-5-9-28-10-6-12-33(35(27)28)42-17-14-31-32(22-42)39-37(48-25-30-11-7-16-41(30)20-26(23-45)24-46)40-36(31)43-18-19-44(34(47)4-2)29(21-43)13-15-38/h3-6,8-10,12,26,29-30,45-46H,1-2,7,11,13-14,16-25H2/t29-,30-/m0/s1. The average molecular weight is 652 g/mol. The van der Waals surface area contributed by atoms with E-state index in [4.69, 9.17) is 14.7 Å². The topological polar surface area (TPSA) is 129 Å². The van der Waals surface area contributed by atoms with Crippen molar-refractivity contribution in [3.05, 3.63) is 72.5 Å². The fourth-order valence-electron chi connectivity index (χ4n) is 7.44. The van der Waals surface area contributed by atoms with E-state index < -0.39 is 0 Å². The van der Waals surface area contributed by atoms with Gasteiger partial charge in [0.15, 0.2) is 0 Å². The molecule has 11 heteroatoms. The Kier molecular flexibility index (Phi) is 10.5. The lowest BCUT2D eigenvalue weighted by Crippen LogP contribution is -2.55. The molecule has 1 aromatic heterocycles. The van der Waals surface area contributed by atoms with Crippen LogP contribution in [-0.2, 0) is 17.8 Å². The molecule has 2 fully saturated rings. The van der Waals surface area contributed by atoms with Crippen LogP contribution < -0.4 is 14.5 Å². The highest BCUT2D eigenvalue weighted by molar-refractivity contribution is 6.00. The van der Waals surface area contributed by atoms with Gasteiger partial charge in [-0.3, -0.25) is 9.69 Å². The Morgan fingerprint density at radius 1 is 1.06 bits per heavy atom. The van der Waals surface area contributed by atoms with Crippen LogP contribution in [0.2, 0.25) is 0 Å². The van der Waals surface area contributed by atoms with Gasteiger partial charge in [0.25, 0.3) is 0 Å². The van der Waals surface area contributed by atoms with Gasteiger partial charge in [-0.2, -0.15) is 15.2 Å². The number of likely N-dealkylation sites (tertiary alicyclic amines) is 1. The second kappa shape index (κ2) is 15.2. The number of ether oxygens (including phenoxy) is 1. The minimum Gasteiger partial charge on any atom is -0.462 e. The summed E-state index contributed by atoms with van der Waals surface area (Å²) >= 11 is 0. The van der Waals surface area contributed by atoms with Crippen LogP contribution in [0.25, 0.3) is 16.8 Å². The molecule has 6 rings (SSSR count). The third-order valence-electron chi connectivity index (χ3n) is 9.98. The van der Waals surface area contributed by atoms with Crippen molar-refractivity contribution in [1.29, 1.82) is 5.26 Å². The lowest BCUT2D eigenvalue weighted by Gasteiger charge is -2.42. The molecule has 2 aromatic carbocycles. The van der Waals surface area contributed by atoms with Crippen molar-refractivity contribution < 1.29 is 19.7 Å². The predicted octanol–water partition coefficient (Wildman–Crippen LogP) is 3.40. The summed E-state index contributed by atoms with van der Waals surface area (Å²) in [5.41, 5.74) is 4.19. The summed E-state index contributed by atoms with van der Waals surface area (Å²) in [5.74, 6) is 0.447. The molecule has 1 amide bonds. The first-order chi connectivity index (χ1) is 23.5. The van der Waals surface area contributed by atoms with E-state index in [0.717, 1.165) is 71.5 Å². The van der Waals surface area contributed by atoms with Crippen molar-refractivity contribution in [2.75, 3.05) is 68.9 Å². The first-order valence-electron chi connectivity index (χ1n) is 16.9. The lowest BCUT2D eigenvalue weighted by atomic mass is 9.99. The van der Waals surface area contributed by atoms with Gasteiger partial charge in [-0.05, 0) is 48.9 Å². The quantitative estimate of drug-likeness (QED) is 0.281. The Hall–Kier alpha value is -4.50. The SMILES string of the molecule is C=CC(=O)N1CCN(c2nc(OC[C@@H]3CCCN3CC(CO)CO)nc3c2CCN(c2cccc4cccc(C=C)c24)C3)C[C@@H]1CC#N.